The van der Waals surface area contributed by atoms with Crippen molar-refractivity contribution in [1.29, 1.82) is 0 Å². The minimum absolute atomic E-state index is 0.716. The molecule has 1 nitrogen and oxygen atoms in total. The molecule has 0 saturated heterocycles. The summed E-state index contributed by atoms with van der Waals surface area (Å²) in [7, 11) is 0. The van der Waals surface area contributed by atoms with Gasteiger partial charge in [0.2, 0.25) is 0 Å². The molecule has 0 unspecified atom stereocenters. The summed E-state index contributed by atoms with van der Waals surface area (Å²) >= 11 is 0. The van der Waals surface area contributed by atoms with E-state index < -0.39 is 0 Å². The Balaban J connectivity index is 3.18. The second kappa shape index (κ2) is 3.29. The fraction of sp³-hybridized carbons (Fsp3) is 0.111. The fourth-order valence-corrected chi connectivity index (χ4v) is 1.00. The van der Waals surface area contributed by atoms with E-state index in [1.807, 2.05) is 19.1 Å². The second-order valence-corrected chi connectivity index (χ2v) is 2.44. The molecule has 0 amide bonds. The molecule has 0 aliphatic carbocycles. The molecule has 0 aliphatic heterocycles. The summed E-state index contributed by atoms with van der Waals surface area (Å²) in [5.41, 5.74) is 2.88. The van der Waals surface area contributed by atoms with Gasteiger partial charge >= 0.3 is 66.2 Å². The molecule has 1 rings (SSSR count). The zero-order valence-corrected chi connectivity index (χ0v) is 6.50. The van der Waals surface area contributed by atoms with Gasteiger partial charge in [-0.1, -0.05) is 0 Å². The molecule has 1 aromatic carbocycles. The standard InChI is InChI=1S/C9H9BO/c1-7-5-8(6-11)3-4-9(7)10-2/h3-6H,2H2,1H3. The maximum atomic E-state index is 10.3. The van der Waals surface area contributed by atoms with Crippen LogP contribution in [0.25, 0.3) is 0 Å². The number of aryl methyl sites for hydroxylation is 1. The van der Waals surface area contributed by atoms with Gasteiger partial charge < -0.3 is 0 Å². The van der Waals surface area contributed by atoms with Gasteiger partial charge in [0, 0.05) is 0 Å². The quantitative estimate of drug-likeness (QED) is 0.438. The van der Waals surface area contributed by atoms with E-state index in [1.165, 1.54) is 0 Å². The molecule has 54 valence electrons. The summed E-state index contributed by atoms with van der Waals surface area (Å²) in [6.45, 7) is 7.40. The first-order valence-electron chi connectivity index (χ1n) is 3.46. The number of rotatable bonds is 2. The van der Waals surface area contributed by atoms with Crippen molar-refractivity contribution in [3.8, 4) is 0 Å². The molecule has 0 aromatic heterocycles. The van der Waals surface area contributed by atoms with Gasteiger partial charge in [0.1, 0.15) is 0 Å². The molecular weight excluding hydrogens is 135 g/mol. The number of benzene rings is 1. The molecule has 0 aliphatic rings. The molecule has 0 fully saturated rings. The van der Waals surface area contributed by atoms with Gasteiger partial charge in [0.05, 0.1) is 0 Å². The number of hydrogen-bond acceptors (Lipinski definition) is 1. The van der Waals surface area contributed by atoms with Crippen molar-refractivity contribution in [2.24, 2.45) is 0 Å². The predicted molar refractivity (Wildman–Crippen MR) is 49.1 cm³/mol. The molecule has 0 bridgehead atoms. The van der Waals surface area contributed by atoms with Crippen LogP contribution in [0, 0.1) is 6.92 Å². The Kier molecular flexibility index (Phi) is 2.37. The van der Waals surface area contributed by atoms with Crippen molar-refractivity contribution in [2.45, 2.75) is 6.92 Å². The predicted octanol–water partition coefficient (Wildman–Crippen LogP) is 0.569. The first kappa shape index (κ1) is 7.93. The molecule has 0 spiro atoms. The van der Waals surface area contributed by atoms with Gasteiger partial charge in [-0.2, -0.15) is 0 Å². The van der Waals surface area contributed by atoms with Crippen LogP contribution in [0.5, 0.6) is 0 Å². The molecular formula is C9H9BO. The summed E-state index contributed by atoms with van der Waals surface area (Å²) in [5.74, 6) is 0. The Bertz CT molecular complexity index is 292. The Morgan fingerprint density at radius 1 is 1.55 bits per heavy atom. The van der Waals surface area contributed by atoms with Gasteiger partial charge in [0.15, 0.2) is 0 Å². The van der Waals surface area contributed by atoms with E-state index in [1.54, 1.807) is 13.0 Å². The SMILES string of the molecule is C=Bc1ccc(C=O)cc1C. The normalized spacial score (nSPS) is 8.82. The molecule has 11 heavy (non-hydrogen) atoms. The summed E-state index contributed by atoms with van der Waals surface area (Å²) in [6, 6.07) is 5.53. The first-order valence-corrected chi connectivity index (χ1v) is 3.46. The van der Waals surface area contributed by atoms with Crippen molar-refractivity contribution in [3.63, 3.8) is 0 Å². The Morgan fingerprint density at radius 3 is 2.73 bits per heavy atom. The number of carbonyl (C=O) groups is 1. The van der Waals surface area contributed by atoms with Crippen LogP contribution in [-0.2, 0) is 0 Å². The average molecular weight is 144 g/mol. The molecule has 0 radical (unpaired) electrons. The van der Waals surface area contributed by atoms with Crippen LogP contribution in [0.1, 0.15) is 15.9 Å². The van der Waals surface area contributed by atoms with E-state index >= 15 is 0 Å². The second-order valence-electron chi connectivity index (χ2n) is 2.44. The van der Waals surface area contributed by atoms with Crippen LogP contribution in [0.4, 0.5) is 0 Å². The molecule has 0 atom stereocenters. The van der Waals surface area contributed by atoms with Crippen molar-refractivity contribution >= 4 is 25.1 Å². The Labute approximate surface area is 67.0 Å². The molecule has 0 N–H and O–H groups in total. The monoisotopic (exact) mass is 144 g/mol. The molecule has 0 heterocycles. The van der Waals surface area contributed by atoms with Crippen molar-refractivity contribution in [1.82, 2.24) is 0 Å². The van der Waals surface area contributed by atoms with E-state index in [0.717, 1.165) is 17.3 Å². The summed E-state index contributed by atoms with van der Waals surface area (Å²) in [6.07, 6.45) is 0.847. The zero-order valence-electron chi connectivity index (χ0n) is 6.50. The Morgan fingerprint density at radius 2 is 2.27 bits per heavy atom. The van der Waals surface area contributed by atoms with E-state index in [2.05, 4.69) is 6.47 Å². The van der Waals surface area contributed by atoms with Crippen LogP contribution >= 0.6 is 0 Å². The van der Waals surface area contributed by atoms with Crippen molar-refractivity contribution in [3.05, 3.63) is 29.3 Å². The van der Waals surface area contributed by atoms with E-state index in [0.29, 0.717) is 5.56 Å². The molecule has 1 aromatic rings. The van der Waals surface area contributed by atoms with Gasteiger partial charge in [0.25, 0.3) is 0 Å². The fourth-order valence-electron chi connectivity index (χ4n) is 1.00. The third-order valence-corrected chi connectivity index (χ3v) is 1.65. The summed E-state index contributed by atoms with van der Waals surface area (Å²) in [5, 5.41) is 0. The van der Waals surface area contributed by atoms with Crippen molar-refractivity contribution < 1.29 is 4.79 Å². The van der Waals surface area contributed by atoms with E-state index in [-0.39, 0.29) is 0 Å². The third kappa shape index (κ3) is 1.64. The van der Waals surface area contributed by atoms with Crippen LogP contribution < -0.4 is 5.46 Å². The van der Waals surface area contributed by atoms with Gasteiger partial charge in [-0.25, -0.2) is 0 Å². The summed E-state index contributed by atoms with van der Waals surface area (Å²) < 4.78 is 0. The molecule has 2 heteroatoms. The average Bonchev–Trinajstić information content (AvgIpc) is 2.04. The summed E-state index contributed by atoms with van der Waals surface area (Å²) in [4.78, 5) is 10.3. The maximum absolute atomic E-state index is 10.3. The first-order chi connectivity index (χ1) is 5.27. The zero-order chi connectivity index (χ0) is 8.27. The van der Waals surface area contributed by atoms with Crippen molar-refractivity contribution in [2.75, 3.05) is 0 Å². The van der Waals surface area contributed by atoms with Crippen LogP contribution in [0.15, 0.2) is 18.2 Å². The molecule has 0 saturated carbocycles. The third-order valence-electron chi connectivity index (χ3n) is 1.65. The van der Waals surface area contributed by atoms with Gasteiger partial charge in [-0.05, 0) is 0 Å². The topological polar surface area (TPSA) is 17.1 Å². The van der Waals surface area contributed by atoms with E-state index in [4.69, 9.17) is 0 Å². The van der Waals surface area contributed by atoms with Crippen LogP contribution in [0.3, 0.4) is 0 Å². The van der Waals surface area contributed by atoms with Gasteiger partial charge in [-0.15, -0.1) is 0 Å². The minimum atomic E-state index is 0.716. The number of carbonyl (C=O) groups excluding carboxylic acids is 1. The Hall–Kier alpha value is -1.18. The van der Waals surface area contributed by atoms with Gasteiger partial charge in [-0.3, -0.25) is 0 Å². The number of aldehydes is 1. The van der Waals surface area contributed by atoms with Crippen LogP contribution in [0.2, 0.25) is 0 Å². The van der Waals surface area contributed by atoms with E-state index in [9.17, 15) is 4.79 Å². The number of hydrogen-bond donors (Lipinski definition) is 0. The van der Waals surface area contributed by atoms with Crippen LogP contribution in [-0.4, -0.2) is 19.7 Å².